The van der Waals surface area contributed by atoms with Crippen molar-refractivity contribution in [3.8, 4) is 0 Å². The van der Waals surface area contributed by atoms with E-state index in [1.807, 2.05) is 13.0 Å². The third-order valence-electron chi connectivity index (χ3n) is 2.48. The summed E-state index contributed by atoms with van der Waals surface area (Å²) in [7, 11) is 0. The van der Waals surface area contributed by atoms with Gasteiger partial charge in [0.25, 0.3) is 0 Å². The first-order chi connectivity index (χ1) is 6.16. The molecule has 0 fully saturated rings. The van der Waals surface area contributed by atoms with Gasteiger partial charge < -0.3 is 0 Å². The molecule has 1 aromatic rings. The van der Waals surface area contributed by atoms with Crippen molar-refractivity contribution in [3.63, 3.8) is 0 Å². The van der Waals surface area contributed by atoms with Crippen molar-refractivity contribution in [1.82, 2.24) is 0 Å². The number of carbonyl (C=O) groups is 1. The summed E-state index contributed by atoms with van der Waals surface area (Å²) in [4.78, 5) is 11.1. The molecule has 0 amide bonds. The van der Waals surface area contributed by atoms with Gasteiger partial charge in [-0.15, -0.1) is 0 Å². The molecule has 0 radical (unpaired) electrons. The summed E-state index contributed by atoms with van der Waals surface area (Å²) >= 11 is 0. The Morgan fingerprint density at radius 1 is 1.31 bits per heavy atom. The highest BCUT2D eigenvalue weighted by Crippen LogP contribution is 2.23. The van der Waals surface area contributed by atoms with E-state index in [1.165, 1.54) is 6.07 Å². The molecule has 2 rings (SSSR count). The number of hydrogen-bond acceptors (Lipinski definition) is 1. The van der Waals surface area contributed by atoms with Crippen LogP contribution in [0, 0.1) is 12.7 Å². The molecule has 0 aromatic heterocycles. The summed E-state index contributed by atoms with van der Waals surface area (Å²) in [6.07, 6.45) is 1.55. The second-order valence-corrected chi connectivity index (χ2v) is 3.60. The SMILES string of the molecule is Cc1cc(F)c2c(c1)CCC(=O)C2. The van der Waals surface area contributed by atoms with E-state index < -0.39 is 0 Å². The van der Waals surface area contributed by atoms with Gasteiger partial charge in [-0.1, -0.05) is 6.07 Å². The van der Waals surface area contributed by atoms with Crippen molar-refractivity contribution in [1.29, 1.82) is 0 Å². The molecule has 2 heteroatoms. The Balaban J connectivity index is 2.53. The van der Waals surface area contributed by atoms with Crippen LogP contribution >= 0.6 is 0 Å². The average Bonchev–Trinajstić information content (AvgIpc) is 2.06. The molecule has 1 aliphatic rings. The van der Waals surface area contributed by atoms with Gasteiger partial charge in [0, 0.05) is 12.8 Å². The smallest absolute Gasteiger partial charge is 0.137 e. The normalized spacial score (nSPS) is 15.7. The maximum Gasteiger partial charge on any atom is 0.137 e. The lowest BCUT2D eigenvalue weighted by atomic mass is 9.89. The van der Waals surface area contributed by atoms with Crippen LogP contribution in [0.3, 0.4) is 0 Å². The number of carbonyl (C=O) groups excluding carboxylic acids is 1. The fraction of sp³-hybridized carbons (Fsp3) is 0.364. The number of halogens is 1. The minimum atomic E-state index is -0.219. The third kappa shape index (κ3) is 1.48. The van der Waals surface area contributed by atoms with Gasteiger partial charge in [0.2, 0.25) is 0 Å². The number of aryl methyl sites for hydroxylation is 2. The second-order valence-electron chi connectivity index (χ2n) is 3.60. The minimum Gasteiger partial charge on any atom is -0.299 e. The number of benzene rings is 1. The molecule has 0 spiro atoms. The van der Waals surface area contributed by atoms with E-state index in [-0.39, 0.29) is 18.0 Å². The maximum absolute atomic E-state index is 13.4. The number of fused-ring (bicyclic) bond motifs is 1. The number of rotatable bonds is 0. The lowest BCUT2D eigenvalue weighted by Gasteiger charge is -2.15. The van der Waals surface area contributed by atoms with E-state index in [9.17, 15) is 9.18 Å². The van der Waals surface area contributed by atoms with Crippen LogP contribution in [-0.2, 0) is 17.6 Å². The molecule has 1 aromatic carbocycles. The summed E-state index contributed by atoms with van der Waals surface area (Å²) in [5.74, 6) is -0.0710. The van der Waals surface area contributed by atoms with E-state index in [4.69, 9.17) is 0 Å². The Kier molecular flexibility index (Phi) is 1.91. The Bertz CT molecular complexity index is 369. The molecule has 1 nitrogen and oxygen atoms in total. The summed E-state index contributed by atoms with van der Waals surface area (Å²) in [6.45, 7) is 1.87. The molecule has 0 N–H and O–H groups in total. The molecule has 0 atom stereocenters. The molecule has 0 saturated carbocycles. The lowest BCUT2D eigenvalue weighted by Crippen LogP contribution is -2.15. The third-order valence-corrected chi connectivity index (χ3v) is 2.48. The standard InChI is InChI=1S/C11H11FO/c1-7-4-8-2-3-9(13)6-10(8)11(12)5-7/h4-5H,2-3,6H2,1H3. The van der Waals surface area contributed by atoms with E-state index in [0.717, 1.165) is 11.1 Å². The van der Waals surface area contributed by atoms with Gasteiger partial charge in [-0.05, 0) is 36.1 Å². The largest absolute Gasteiger partial charge is 0.299 e. The zero-order chi connectivity index (χ0) is 9.42. The van der Waals surface area contributed by atoms with Crippen molar-refractivity contribution in [2.45, 2.75) is 26.2 Å². The van der Waals surface area contributed by atoms with E-state index in [2.05, 4.69) is 0 Å². The van der Waals surface area contributed by atoms with Crippen molar-refractivity contribution in [2.24, 2.45) is 0 Å². The highest BCUT2D eigenvalue weighted by molar-refractivity contribution is 5.83. The van der Waals surface area contributed by atoms with Crippen LogP contribution in [-0.4, -0.2) is 5.78 Å². The molecular formula is C11H11FO. The van der Waals surface area contributed by atoms with Gasteiger partial charge in [0.05, 0.1) is 0 Å². The lowest BCUT2D eigenvalue weighted by molar-refractivity contribution is -0.118. The minimum absolute atomic E-state index is 0.148. The quantitative estimate of drug-likeness (QED) is 0.595. The van der Waals surface area contributed by atoms with Crippen LogP contribution in [0.1, 0.15) is 23.1 Å². The van der Waals surface area contributed by atoms with Crippen LogP contribution in [0.15, 0.2) is 12.1 Å². The molecular weight excluding hydrogens is 167 g/mol. The van der Waals surface area contributed by atoms with E-state index in [0.29, 0.717) is 18.4 Å². The highest BCUT2D eigenvalue weighted by Gasteiger charge is 2.18. The molecule has 13 heavy (non-hydrogen) atoms. The predicted molar refractivity (Wildman–Crippen MR) is 48.2 cm³/mol. The van der Waals surface area contributed by atoms with Gasteiger partial charge in [0.1, 0.15) is 11.6 Å². The fourth-order valence-electron chi connectivity index (χ4n) is 1.82. The van der Waals surface area contributed by atoms with Crippen molar-refractivity contribution in [2.75, 3.05) is 0 Å². The Morgan fingerprint density at radius 3 is 2.85 bits per heavy atom. The topological polar surface area (TPSA) is 17.1 Å². The van der Waals surface area contributed by atoms with Gasteiger partial charge in [-0.2, -0.15) is 0 Å². The number of Topliss-reactive ketones (excluding diaryl/α,β-unsaturated/α-hetero) is 1. The molecule has 68 valence electrons. The fourth-order valence-corrected chi connectivity index (χ4v) is 1.82. The second kappa shape index (κ2) is 2.95. The van der Waals surface area contributed by atoms with Gasteiger partial charge in [-0.25, -0.2) is 4.39 Å². The van der Waals surface area contributed by atoms with Crippen molar-refractivity contribution < 1.29 is 9.18 Å². The first-order valence-electron chi connectivity index (χ1n) is 4.46. The van der Waals surface area contributed by atoms with Crippen LogP contribution in [0.5, 0.6) is 0 Å². The molecule has 0 bridgehead atoms. The Morgan fingerprint density at radius 2 is 2.08 bits per heavy atom. The summed E-state index contributed by atoms with van der Waals surface area (Å²) in [5.41, 5.74) is 2.56. The first kappa shape index (κ1) is 8.42. The highest BCUT2D eigenvalue weighted by atomic mass is 19.1. The molecule has 0 heterocycles. The van der Waals surface area contributed by atoms with Crippen LogP contribution in [0.25, 0.3) is 0 Å². The van der Waals surface area contributed by atoms with Gasteiger partial charge in [-0.3, -0.25) is 4.79 Å². The molecule has 0 unspecified atom stereocenters. The monoisotopic (exact) mass is 178 g/mol. The van der Waals surface area contributed by atoms with Crippen molar-refractivity contribution in [3.05, 3.63) is 34.6 Å². The average molecular weight is 178 g/mol. The zero-order valence-corrected chi connectivity index (χ0v) is 7.56. The van der Waals surface area contributed by atoms with Crippen molar-refractivity contribution >= 4 is 5.78 Å². The first-order valence-corrected chi connectivity index (χ1v) is 4.46. The van der Waals surface area contributed by atoms with Crippen LogP contribution in [0.2, 0.25) is 0 Å². The van der Waals surface area contributed by atoms with E-state index >= 15 is 0 Å². The van der Waals surface area contributed by atoms with E-state index in [1.54, 1.807) is 0 Å². The Hall–Kier alpha value is -1.18. The summed E-state index contributed by atoms with van der Waals surface area (Å²) in [5, 5.41) is 0. The van der Waals surface area contributed by atoms with Gasteiger partial charge in [0.15, 0.2) is 0 Å². The maximum atomic E-state index is 13.4. The number of hydrogen-bond donors (Lipinski definition) is 0. The van der Waals surface area contributed by atoms with Crippen LogP contribution in [0.4, 0.5) is 4.39 Å². The molecule has 0 aliphatic heterocycles. The van der Waals surface area contributed by atoms with Crippen LogP contribution < -0.4 is 0 Å². The molecule has 1 aliphatic carbocycles. The zero-order valence-electron chi connectivity index (χ0n) is 7.56. The number of ketones is 1. The molecule has 0 saturated heterocycles. The summed E-state index contributed by atoms with van der Waals surface area (Å²) < 4.78 is 13.4. The summed E-state index contributed by atoms with van der Waals surface area (Å²) in [6, 6.07) is 3.47. The van der Waals surface area contributed by atoms with Gasteiger partial charge >= 0.3 is 0 Å². The Labute approximate surface area is 76.6 Å². The predicted octanol–water partition coefficient (Wildman–Crippen LogP) is 2.19.